The molecule has 0 unspecified atom stereocenters. The summed E-state index contributed by atoms with van der Waals surface area (Å²) in [7, 11) is 1.69. The molecule has 0 aromatic heterocycles. The highest BCUT2D eigenvalue weighted by Crippen LogP contribution is 2.20. The minimum absolute atomic E-state index is 0.282. The van der Waals surface area contributed by atoms with Crippen LogP contribution in [0.4, 0.5) is 5.69 Å². The molecule has 144 valence electrons. The van der Waals surface area contributed by atoms with E-state index in [1.54, 1.807) is 19.2 Å². The summed E-state index contributed by atoms with van der Waals surface area (Å²) in [5.41, 5.74) is 2.31. The first-order chi connectivity index (χ1) is 13.2. The molecule has 0 atom stereocenters. The van der Waals surface area contributed by atoms with Crippen molar-refractivity contribution in [3.63, 3.8) is 0 Å². The average molecular weight is 368 g/mol. The van der Waals surface area contributed by atoms with Gasteiger partial charge in [0, 0.05) is 38.4 Å². The monoisotopic (exact) mass is 368 g/mol. The molecule has 27 heavy (non-hydrogen) atoms. The molecule has 0 spiro atoms. The van der Waals surface area contributed by atoms with Crippen molar-refractivity contribution in [2.75, 3.05) is 44.7 Å². The predicted octanol–water partition coefficient (Wildman–Crippen LogP) is 2.69. The molecular weight excluding hydrogens is 340 g/mol. The molecule has 1 aliphatic rings. The Balaban J connectivity index is 1.60. The smallest absolute Gasteiger partial charge is 0.194 e. The second-order valence-corrected chi connectivity index (χ2v) is 6.51. The Morgan fingerprint density at radius 2 is 1.70 bits per heavy atom. The van der Waals surface area contributed by atoms with E-state index in [-0.39, 0.29) is 5.75 Å². The summed E-state index contributed by atoms with van der Waals surface area (Å²) in [5.74, 6) is 2.11. The van der Waals surface area contributed by atoms with Gasteiger partial charge in [-0.25, -0.2) is 4.99 Å². The van der Waals surface area contributed by atoms with Gasteiger partial charge in [0.05, 0.1) is 13.7 Å². The van der Waals surface area contributed by atoms with Crippen LogP contribution in [-0.4, -0.2) is 55.8 Å². The zero-order chi connectivity index (χ0) is 19.1. The van der Waals surface area contributed by atoms with E-state index in [0.29, 0.717) is 6.54 Å². The molecule has 0 aliphatic carbocycles. The van der Waals surface area contributed by atoms with Crippen LogP contribution in [0, 0.1) is 0 Å². The molecule has 6 nitrogen and oxygen atoms in total. The maximum Gasteiger partial charge on any atom is 0.194 e. The molecule has 6 heteroatoms. The Morgan fingerprint density at radius 3 is 2.30 bits per heavy atom. The highest BCUT2D eigenvalue weighted by molar-refractivity contribution is 5.80. The summed E-state index contributed by atoms with van der Waals surface area (Å²) in [6.45, 7) is 7.28. The Labute approximate surface area is 161 Å². The first-order valence-corrected chi connectivity index (χ1v) is 9.39. The molecule has 2 aromatic carbocycles. The van der Waals surface area contributed by atoms with Crippen molar-refractivity contribution >= 4 is 11.6 Å². The number of guanidine groups is 1. The van der Waals surface area contributed by atoms with Crippen LogP contribution < -0.4 is 15.0 Å². The quantitative estimate of drug-likeness (QED) is 0.628. The van der Waals surface area contributed by atoms with Gasteiger partial charge in [0.25, 0.3) is 0 Å². The van der Waals surface area contributed by atoms with Crippen LogP contribution in [0.15, 0.2) is 53.5 Å². The van der Waals surface area contributed by atoms with Crippen LogP contribution in [0.5, 0.6) is 11.5 Å². The lowest BCUT2D eigenvalue weighted by atomic mass is 10.2. The summed E-state index contributed by atoms with van der Waals surface area (Å²) in [4.78, 5) is 9.47. The third kappa shape index (κ3) is 5.06. The zero-order valence-electron chi connectivity index (χ0n) is 16.1. The first-order valence-electron chi connectivity index (χ1n) is 9.39. The minimum Gasteiger partial charge on any atom is -0.508 e. The van der Waals surface area contributed by atoms with Crippen molar-refractivity contribution in [1.29, 1.82) is 0 Å². The summed E-state index contributed by atoms with van der Waals surface area (Å²) < 4.78 is 5.24. The number of nitrogens with one attached hydrogen (secondary N) is 1. The van der Waals surface area contributed by atoms with Gasteiger partial charge in [-0.1, -0.05) is 12.1 Å². The maximum absolute atomic E-state index is 9.40. The highest BCUT2D eigenvalue weighted by atomic mass is 16.5. The van der Waals surface area contributed by atoms with Crippen LogP contribution in [0.1, 0.15) is 12.5 Å². The van der Waals surface area contributed by atoms with Crippen LogP contribution in [0.25, 0.3) is 0 Å². The number of phenols is 1. The van der Waals surface area contributed by atoms with Crippen molar-refractivity contribution in [2.24, 2.45) is 4.99 Å². The highest BCUT2D eigenvalue weighted by Gasteiger charge is 2.19. The fourth-order valence-corrected chi connectivity index (χ4v) is 3.16. The van der Waals surface area contributed by atoms with E-state index in [2.05, 4.69) is 34.2 Å². The Hall–Kier alpha value is -2.89. The fraction of sp³-hybridized carbons (Fsp3) is 0.381. The molecule has 1 fully saturated rings. The lowest BCUT2D eigenvalue weighted by Crippen LogP contribution is -2.52. The molecule has 0 bridgehead atoms. The number of anilines is 1. The molecule has 0 amide bonds. The van der Waals surface area contributed by atoms with Crippen molar-refractivity contribution in [1.82, 2.24) is 10.2 Å². The number of nitrogens with zero attached hydrogens (tertiary/aromatic N) is 3. The number of rotatable bonds is 5. The van der Waals surface area contributed by atoms with E-state index in [1.165, 1.54) is 5.69 Å². The van der Waals surface area contributed by atoms with Gasteiger partial charge >= 0.3 is 0 Å². The van der Waals surface area contributed by atoms with Gasteiger partial charge in [0.15, 0.2) is 5.96 Å². The number of hydrogen-bond donors (Lipinski definition) is 2. The summed E-state index contributed by atoms with van der Waals surface area (Å²) in [5, 5.41) is 12.8. The van der Waals surface area contributed by atoms with E-state index in [4.69, 9.17) is 9.73 Å². The van der Waals surface area contributed by atoms with E-state index >= 15 is 0 Å². The summed E-state index contributed by atoms with van der Waals surface area (Å²) in [6, 6.07) is 15.4. The van der Waals surface area contributed by atoms with E-state index in [9.17, 15) is 5.11 Å². The van der Waals surface area contributed by atoms with E-state index in [1.807, 2.05) is 24.3 Å². The van der Waals surface area contributed by atoms with Crippen molar-refractivity contribution in [2.45, 2.75) is 13.5 Å². The van der Waals surface area contributed by atoms with Crippen LogP contribution in [0.3, 0.4) is 0 Å². The van der Waals surface area contributed by atoms with Gasteiger partial charge in [-0.2, -0.15) is 0 Å². The molecule has 3 rings (SSSR count). The van der Waals surface area contributed by atoms with Gasteiger partial charge in [0.2, 0.25) is 0 Å². The summed E-state index contributed by atoms with van der Waals surface area (Å²) in [6.07, 6.45) is 0. The minimum atomic E-state index is 0.282. The number of piperazine rings is 1. The standard InChI is InChI=1S/C21H28N4O2/c1-3-22-21(23-16-17-4-8-19(26)9-5-17)25-14-12-24(13-15-25)18-6-10-20(27-2)11-7-18/h4-11,26H,3,12-16H2,1-2H3,(H,22,23). The number of phenolic OH excluding ortho intramolecular Hbond substituents is 1. The molecule has 1 saturated heterocycles. The predicted molar refractivity (Wildman–Crippen MR) is 110 cm³/mol. The van der Waals surface area contributed by atoms with Crippen molar-refractivity contribution in [3.8, 4) is 11.5 Å². The van der Waals surface area contributed by atoms with Gasteiger partial charge in [-0.15, -0.1) is 0 Å². The van der Waals surface area contributed by atoms with Crippen molar-refractivity contribution < 1.29 is 9.84 Å². The van der Waals surface area contributed by atoms with Crippen LogP contribution >= 0.6 is 0 Å². The van der Waals surface area contributed by atoms with Crippen molar-refractivity contribution in [3.05, 3.63) is 54.1 Å². The number of aromatic hydroxyl groups is 1. The Kier molecular flexibility index (Phi) is 6.41. The Morgan fingerprint density at radius 1 is 1.04 bits per heavy atom. The number of ether oxygens (including phenoxy) is 1. The van der Waals surface area contributed by atoms with Gasteiger partial charge in [-0.3, -0.25) is 0 Å². The topological polar surface area (TPSA) is 60.3 Å². The molecule has 0 saturated carbocycles. The molecule has 2 aromatic rings. The normalized spacial score (nSPS) is 15.0. The molecule has 1 aliphatic heterocycles. The van der Waals surface area contributed by atoms with Crippen LogP contribution in [0.2, 0.25) is 0 Å². The lowest BCUT2D eigenvalue weighted by molar-refractivity contribution is 0.372. The zero-order valence-corrected chi connectivity index (χ0v) is 16.1. The maximum atomic E-state index is 9.40. The third-order valence-corrected chi connectivity index (χ3v) is 4.70. The third-order valence-electron chi connectivity index (χ3n) is 4.70. The molecule has 1 heterocycles. The second-order valence-electron chi connectivity index (χ2n) is 6.51. The SMILES string of the molecule is CCNC(=NCc1ccc(O)cc1)N1CCN(c2ccc(OC)cc2)CC1. The molecular formula is C21H28N4O2. The number of methoxy groups -OCH3 is 1. The molecule has 2 N–H and O–H groups in total. The van der Waals surface area contributed by atoms with E-state index < -0.39 is 0 Å². The first kappa shape index (κ1) is 18.9. The Bertz CT molecular complexity index is 736. The van der Waals surface area contributed by atoms with Gasteiger partial charge in [-0.05, 0) is 48.9 Å². The number of aliphatic imine (C=N–C) groups is 1. The average Bonchev–Trinajstić information content (AvgIpc) is 2.72. The lowest BCUT2D eigenvalue weighted by Gasteiger charge is -2.37. The fourth-order valence-electron chi connectivity index (χ4n) is 3.16. The molecule has 0 radical (unpaired) electrons. The van der Waals surface area contributed by atoms with Gasteiger partial charge in [0.1, 0.15) is 11.5 Å². The van der Waals surface area contributed by atoms with Gasteiger partial charge < -0.3 is 25.0 Å². The second kappa shape index (κ2) is 9.16. The number of benzene rings is 2. The number of hydrogen-bond acceptors (Lipinski definition) is 4. The summed E-state index contributed by atoms with van der Waals surface area (Å²) >= 11 is 0. The largest absolute Gasteiger partial charge is 0.508 e. The van der Waals surface area contributed by atoms with E-state index in [0.717, 1.165) is 50.0 Å². The van der Waals surface area contributed by atoms with Crippen LogP contribution in [-0.2, 0) is 6.54 Å².